The van der Waals surface area contributed by atoms with Crippen LogP contribution >= 0.6 is 23.1 Å². The lowest BCUT2D eigenvalue weighted by Crippen LogP contribution is -2.02. The minimum absolute atomic E-state index is 0.0718. The number of halogens is 1. The number of rotatable bonds is 6. The maximum absolute atomic E-state index is 14.0. The predicted octanol–water partition coefficient (Wildman–Crippen LogP) is 4.18. The van der Waals surface area contributed by atoms with E-state index in [9.17, 15) is 4.39 Å². The Morgan fingerprint density at radius 3 is 2.68 bits per heavy atom. The van der Waals surface area contributed by atoms with E-state index in [1.807, 2.05) is 31.2 Å². The Hall–Kier alpha value is -2.85. The van der Waals surface area contributed by atoms with Crippen LogP contribution in [0.4, 0.5) is 4.39 Å². The standard InChI is InChI=1S/C18H15FN6OS2/c1-11(16-20-21-17(28-16)12-7-3-4-8-13(12)19)27-18-22-23-24-25(18)14-9-5-6-10-15(14)26-2/h3-11H,1-2H3/t11-/m1/s1. The molecule has 2 heterocycles. The van der Waals surface area contributed by atoms with Crippen molar-refractivity contribution in [3.8, 4) is 22.0 Å². The van der Waals surface area contributed by atoms with Crippen LogP contribution in [0.3, 0.4) is 0 Å². The molecule has 0 radical (unpaired) electrons. The summed E-state index contributed by atoms with van der Waals surface area (Å²) in [5, 5.41) is 22.2. The third-order valence-corrected chi connectivity index (χ3v) is 6.26. The van der Waals surface area contributed by atoms with Crippen LogP contribution in [-0.4, -0.2) is 37.5 Å². The fraction of sp³-hybridized carbons (Fsp3) is 0.167. The number of benzene rings is 2. The van der Waals surface area contributed by atoms with Gasteiger partial charge in [0.2, 0.25) is 5.16 Å². The first-order chi connectivity index (χ1) is 13.7. The third kappa shape index (κ3) is 3.60. The smallest absolute Gasteiger partial charge is 0.214 e. The van der Waals surface area contributed by atoms with E-state index in [1.54, 1.807) is 30.0 Å². The van der Waals surface area contributed by atoms with Gasteiger partial charge in [0.25, 0.3) is 0 Å². The Bertz CT molecular complexity index is 1100. The van der Waals surface area contributed by atoms with Crippen molar-refractivity contribution in [1.29, 1.82) is 0 Å². The number of thioether (sulfide) groups is 1. The summed E-state index contributed by atoms with van der Waals surface area (Å²) in [5.74, 6) is 0.354. The van der Waals surface area contributed by atoms with Gasteiger partial charge in [-0.1, -0.05) is 47.4 Å². The molecule has 0 saturated heterocycles. The summed E-state index contributed by atoms with van der Waals surface area (Å²) < 4.78 is 21.0. The van der Waals surface area contributed by atoms with Gasteiger partial charge in [-0.3, -0.25) is 0 Å². The molecule has 7 nitrogen and oxygen atoms in total. The number of ether oxygens (including phenoxy) is 1. The van der Waals surface area contributed by atoms with E-state index in [0.29, 0.717) is 21.5 Å². The highest BCUT2D eigenvalue weighted by Crippen LogP contribution is 2.38. The summed E-state index contributed by atoms with van der Waals surface area (Å²) in [7, 11) is 1.60. The minimum Gasteiger partial charge on any atom is -0.494 e. The lowest BCUT2D eigenvalue weighted by molar-refractivity contribution is 0.410. The molecule has 0 unspecified atom stereocenters. The van der Waals surface area contributed by atoms with Crippen LogP contribution < -0.4 is 4.74 Å². The van der Waals surface area contributed by atoms with E-state index < -0.39 is 0 Å². The molecule has 0 amide bonds. The van der Waals surface area contributed by atoms with Crippen LogP contribution in [0.25, 0.3) is 16.3 Å². The molecule has 10 heteroatoms. The van der Waals surface area contributed by atoms with Crippen LogP contribution in [0.1, 0.15) is 17.2 Å². The minimum atomic E-state index is -0.314. The highest BCUT2D eigenvalue weighted by Gasteiger charge is 2.20. The summed E-state index contributed by atoms with van der Waals surface area (Å²) in [6, 6.07) is 14.0. The lowest BCUT2D eigenvalue weighted by atomic mass is 10.2. The van der Waals surface area contributed by atoms with Crippen LogP contribution in [0.2, 0.25) is 0 Å². The number of para-hydroxylation sites is 2. The molecule has 0 aliphatic rings. The SMILES string of the molecule is COc1ccccc1-n1nnnc1S[C@H](C)c1nnc(-c2ccccc2F)s1. The van der Waals surface area contributed by atoms with E-state index >= 15 is 0 Å². The first-order valence-corrected chi connectivity index (χ1v) is 10.0. The van der Waals surface area contributed by atoms with Gasteiger partial charge in [0.05, 0.1) is 12.4 Å². The molecule has 2 aromatic carbocycles. The molecule has 0 aliphatic carbocycles. The first-order valence-electron chi connectivity index (χ1n) is 8.34. The predicted molar refractivity (Wildman–Crippen MR) is 105 cm³/mol. The quantitative estimate of drug-likeness (QED) is 0.438. The topological polar surface area (TPSA) is 78.6 Å². The monoisotopic (exact) mass is 414 g/mol. The molecular weight excluding hydrogens is 399 g/mol. The second-order valence-electron chi connectivity index (χ2n) is 5.73. The summed E-state index contributed by atoms with van der Waals surface area (Å²) in [6.07, 6.45) is 0. The largest absolute Gasteiger partial charge is 0.494 e. The average molecular weight is 414 g/mol. The maximum Gasteiger partial charge on any atom is 0.214 e. The van der Waals surface area contributed by atoms with E-state index in [-0.39, 0.29) is 11.1 Å². The molecule has 0 N–H and O–H groups in total. The zero-order valence-electron chi connectivity index (χ0n) is 15.0. The number of aromatic nitrogens is 6. The van der Waals surface area contributed by atoms with Gasteiger partial charge in [-0.15, -0.1) is 15.3 Å². The van der Waals surface area contributed by atoms with Crippen molar-refractivity contribution >= 4 is 23.1 Å². The maximum atomic E-state index is 14.0. The normalized spacial score (nSPS) is 12.1. The van der Waals surface area contributed by atoms with Crippen molar-refractivity contribution in [2.75, 3.05) is 7.11 Å². The molecule has 0 bridgehead atoms. The van der Waals surface area contributed by atoms with Crippen LogP contribution in [0, 0.1) is 5.82 Å². The van der Waals surface area contributed by atoms with Gasteiger partial charge in [0.15, 0.2) is 5.01 Å². The summed E-state index contributed by atoms with van der Waals surface area (Å²) >= 11 is 2.80. The Morgan fingerprint density at radius 2 is 1.86 bits per heavy atom. The van der Waals surface area contributed by atoms with Gasteiger partial charge < -0.3 is 4.74 Å². The molecule has 0 saturated carbocycles. The summed E-state index contributed by atoms with van der Waals surface area (Å²) in [6.45, 7) is 1.98. The number of hydrogen-bond donors (Lipinski definition) is 0. The van der Waals surface area contributed by atoms with Crippen molar-refractivity contribution in [2.24, 2.45) is 0 Å². The van der Waals surface area contributed by atoms with Crippen molar-refractivity contribution in [3.05, 3.63) is 59.4 Å². The molecule has 1 atom stereocenters. The van der Waals surface area contributed by atoms with Crippen LogP contribution in [0.5, 0.6) is 5.75 Å². The van der Waals surface area contributed by atoms with E-state index in [2.05, 4.69) is 25.7 Å². The Balaban J connectivity index is 1.58. The number of nitrogens with zero attached hydrogens (tertiary/aromatic N) is 6. The number of hydrogen-bond acceptors (Lipinski definition) is 8. The first kappa shape index (κ1) is 18.5. The molecular formula is C18H15FN6OS2. The Kier molecular flexibility index (Phi) is 5.31. The zero-order valence-corrected chi connectivity index (χ0v) is 16.6. The number of tetrazole rings is 1. The highest BCUT2D eigenvalue weighted by atomic mass is 32.2. The average Bonchev–Trinajstić information content (AvgIpc) is 3.38. The third-order valence-electron chi connectivity index (χ3n) is 3.93. The van der Waals surface area contributed by atoms with Crippen LogP contribution in [0.15, 0.2) is 53.7 Å². The van der Waals surface area contributed by atoms with Crippen molar-refractivity contribution < 1.29 is 9.13 Å². The van der Waals surface area contributed by atoms with E-state index in [4.69, 9.17) is 4.74 Å². The van der Waals surface area contributed by atoms with Crippen molar-refractivity contribution in [3.63, 3.8) is 0 Å². The molecule has 0 fully saturated rings. The molecule has 142 valence electrons. The fourth-order valence-electron chi connectivity index (χ4n) is 2.56. The zero-order chi connectivity index (χ0) is 19.5. The Labute approximate surface area is 168 Å². The van der Waals surface area contributed by atoms with Gasteiger partial charge >= 0.3 is 0 Å². The highest BCUT2D eigenvalue weighted by molar-refractivity contribution is 7.99. The number of methoxy groups -OCH3 is 1. The lowest BCUT2D eigenvalue weighted by Gasteiger charge is -2.10. The van der Waals surface area contributed by atoms with Crippen molar-refractivity contribution in [2.45, 2.75) is 17.3 Å². The molecule has 0 spiro atoms. The molecule has 2 aromatic heterocycles. The molecule has 28 heavy (non-hydrogen) atoms. The van der Waals surface area contributed by atoms with Crippen molar-refractivity contribution in [1.82, 2.24) is 30.4 Å². The summed E-state index contributed by atoms with van der Waals surface area (Å²) in [4.78, 5) is 0. The van der Waals surface area contributed by atoms with Gasteiger partial charge in [-0.2, -0.15) is 4.68 Å². The van der Waals surface area contributed by atoms with E-state index in [0.717, 1.165) is 10.7 Å². The van der Waals surface area contributed by atoms with Gasteiger partial charge in [0.1, 0.15) is 22.3 Å². The second kappa shape index (κ2) is 8.03. The summed E-state index contributed by atoms with van der Waals surface area (Å²) in [5.41, 5.74) is 1.19. The second-order valence-corrected chi connectivity index (χ2v) is 8.05. The molecule has 4 aromatic rings. The molecule has 0 aliphatic heterocycles. The van der Waals surface area contributed by atoms with Gasteiger partial charge in [0, 0.05) is 5.56 Å². The molecule has 4 rings (SSSR count). The van der Waals surface area contributed by atoms with Gasteiger partial charge in [-0.25, -0.2) is 4.39 Å². The van der Waals surface area contributed by atoms with Crippen LogP contribution in [-0.2, 0) is 0 Å². The Morgan fingerprint density at radius 1 is 1.07 bits per heavy atom. The van der Waals surface area contributed by atoms with E-state index in [1.165, 1.54) is 29.2 Å². The fourth-order valence-corrected chi connectivity index (χ4v) is 4.43. The van der Waals surface area contributed by atoms with Gasteiger partial charge in [-0.05, 0) is 41.6 Å².